The summed E-state index contributed by atoms with van der Waals surface area (Å²) in [7, 11) is 0. The third-order valence-electron chi connectivity index (χ3n) is 1.34. The summed E-state index contributed by atoms with van der Waals surface area (Å²) in [5.41, 5.74) is 3.35. The fraction of sp³-hybridized carbons (Fsp3) is 0.143. The summed E-state index contributed by atoms with van der Waals surface area (Å²) in [6.07, 6.45) is -3.01. The first-order valence-electron chi connectivity index (χ1n) is 3.20. The number of pyridine rings is 1. The van der Waals surface area contributed by atoms with Gasteiger partial charge < -0.3 is 5.73 Å². The Balaban J connectivity index is 3.41. The zero-order valence-electron chi connectivity index (χ0n) is 6.26. The third kappa shape index (κ3) is 1.69. The van der Waals surface area contributed by atoms with E-state index in [0.717, 1.165) is 6.07 Å². The molecule has 13 heavy (non-hydrogen) atoms. The molecule has 1 heterocycles. The van der Waals surface area contributed by atoms with Crippen LogP contribution in [0, 0.1) is 17.1 Å². The number of halogens is 3. The van der Waals surface area contributed by atoms with E-state index in [1.807, 2.05) is 0 Å². The molecule has 0 unspecified atom stereocenters. The van der Waals surface area contributed by atoms with Gasteiger partial charge in [0, 0.05) is 6.07 Å². The second kappa shape index (κ2) is 3.31. The number of nitrogen functional groups attached to an aromatic ring is 1. The van der Waals surface area contributed by atoms with Crippen molar-refractivity contribution in [3.05, 3.63) is 23.1 Å². The number of alkyl halides is 2. The van der Waals surface area contributed by atoms with Crippen molar-refractivity contribution in [2.45, 2.75) is 6.43 Å². The Bertz CT molecular complexity index is 370. The van der Waals surface area contributed by atoms with E-state index in [4.69, 9.17) is 11.0 Å². The molecule has 2 N–H and O–H groups in total. The zero-order valence-corrected chi connectivity index (χ0v) is 6.26. The fourth-order valence-corrected chi connectivity index (χ4v) is 0.820. The SMILES string of the molecule is N#Cc1c(F)cc(N)nc1C(F)F. The van der Waals surface area contributed by atoms with Gasteiger partial charge in [0.25, 0.3) is 6.43 Å². The minimum Gasteiger partial charge on any atom is -0.384 e. The van der Waals surface area contributed by atoms with Gasteiger partial charge in [-0.15, -0.1) is 0 Å². The van der Waals surface area contributed by atoms with Crippen LogP contribution in [0.2, 0.25) is 0 Å². The van der Waals surface area contributed by atoms with E-state index in [0.29, 0.717) is 0 Å². The molecule has 0 spiro atoms. The van der Waals surface area contributed by atoms with E-state index >= 15 is 0 Å². The molecule has 0 aliphatic heterocycles. The average molecular weight is 187 g/mol. The highest BCUT2D eigenvalue weighted by Gasteiger charge is 2.19. The lowest BCUT2D eigenvalue weighted by molar-refractivity contribution is 0.145. The van der Waals surface area contributed by atoms with Crippen LogP contribution in [0.1, 0.15) is 17.7 Å². The van der Waals surface area contributed by atoms with Gasteiger partial charge in [0.1, 0.15) is 29.0 Å². The molecule has 68 valence electrons. The van der Waals surface area contributed by atoms with Gasteiger partial charge in [-0.05, 0) is 0 Å². The number of aromatic nitrogens is 1. The van der Waals surface area contributed by atoms with Crippen LogP contribution in [-0.4, -0.2) is 4.98 Å². The van der Waals surface area contributed by atoms with Crippen LogP contribution in [0.25, 0.3) is 0 Å². The van der Waals surface area contributed by atoms with Crippen LogP contribution in [0.5, 0.6) is 0 Å². The summed E-state index contributed by atoms with van der Waals surface area (Å²) in [5.74, 6) is -1.45. The van der Waals surface area contributed by atoms with Crippen LogP contribution in [0.4, 0.5) is 19.0 Å². The fourth-order valence-electron chi connectivity index (χ4n) is 0.820. The highest BCUT2D eigenvalue weighted by molar-refractivity contribution is 5.42. The molecule has 1 aromatic heterocycles. The van der Waals surface area contributed by atoms with Crippen LogP contribution in [0.3, 0.4) is 0 Å². The number of nitriles is 1. The number of rotatable bonds is 1. The van der Waals surface area contributed by atoms with Crippen LogP contribution in [-0.2, 0) is 0 Å². The minimum absolute atomic E-state index is 0.369. The van der Waals surface area contributed by atoms with Crippen molar-refractivity contribution >= 4 is 5.82 Å². The Morgan fingerprint density at radius 1 is 1.54 bits per heavy atom. The van der Waals surface area contributed by atoms with Crippen molar-refractivity contribution in [1.82, 2.24) is 4.98 Å². The molecule has 0 aliphatic rings. The predicted molar refractivity (Wildman–Crippen MR) is 38.3 cm³/mol. The number of hydrogen-bond acceptors (Lipinski definition) is 3. The smallest absolute Gasteiger partial charge is 0.281 e. The van der Waals surface area contributed by atoms with Crippen molar-refractivity contribution in [3.63, 3.8) is 0 Å². The van der Waals surface area contributed by atoms with E-state index in [-0.39, 0.29) is 5.82 Å². The van der Waals surface area contributed by atoms with Gasteiger partial charge in [-0.25, -0.2) is 18.2 Å². The summed E-state index contributed by atoms with van der Waals surface area (Å²) in [4.78, 5) is 3.17. The maximum Gasteiger partial charge on any atom is 0.281 e. The molecule has 6 heteroatoms. The first-order chi connectivity index (χ1) is 6.06. The molecule has 0 aliphatic carbocycles. The van der Waals surface area contributed by atoms with E-state index in [2.05, 4.69) is 4.98 Å². The lowest BCUT2D eigenvalue weighted by Gasteiger charge is -2.03. The second-order valence-electron chi connectivity index (χ2n) is 2.20. The summed E-state index contributed by atoms with van der Waals surface area (Å²) in [5, 5.41) is 8.33. The van der Waals surface area contributed by atoms with Gasteiger partial charge in [-0.1, -0.05) is 0 Å². The molecule has 0 atom stereocenters. The van der Waals surface area contributed by atoms with Gasteiger partial charge in [0.05, 0.1) is 0 Å². The highest BCUT2D eigenvalue weighted by Crippen LogP contribution is 2.23. The number of nitrogens with two attached hydrogens (primary N) is 1. The van der Waals surface area contributed by atoms with Gasteiger partial charge in [0.2, 0.25) is 0 Å². The highest BCUT2D eigenvalue weighted by atomic mass is 19.3. The molecular formula is C7H4F3N3. The summed E-state index contributed by atoms with van der Waals surface area (Å²) in [6, 6.07) is 2.03. The number of nitrogens with zero attached hydrogens (tertiary/aromatic N) is 2. The summed E-state index contributed by atoms with van der Waals surface area (Å²) >= 11 is 0. The lowest BCUT2D eigenvalue weighted by Crippen LogP contribution is -2.02. The van der Waals surface area contributed by atoms with Crippen molar-refractivity contribution in [1.29, 1.82) is 5.26 Å². The van der Waals surface area contributed by atoms with Gasteiger partial charge in [0.15, 0.2) is 0 Å². The molecule has 0 saturated carbocycles. The number of anilines is 1. The third-order valence-corrected chi connectivity index (χ3v) is 1.34. The van der Waals surface area contributed by atoms with Gasteiger partial charge in [-0.3, -0.25) is 0 Å². The lowest BCUT2D eigenvalue weighted by atomic mass is 10.2. The molecule has 0 radical (unpaired) electrons. The van der Waals surface area contributed by atoms with Crippen molar-refractivity contribution in [2.24, 2.45) is 0 Å². The first-order valence-corrected chi connectivity index (χ1v) is 3.20. The second-order valence-corrected chi connectivity index (χ2v) is 2.20. The number of hydrogen-bond donors (Lipinski definition) is 1. The first kappa shape index (κ1) is 9.32. The van der Waals surface area contributed by atoms with Crippen LogP contribution < -0.4 is 5.73 Å². The Kier molecular flexibility index (Phi) is 2.37. The largest absolute Gasteiger partial charge is 0.384 e. The quantitative estimate of drug-likeness (QED) is 0.726. The minimum atomic E-state index is -3.01. The molecule has 1 rings (SSSR count). The summed E-state index contributed by atoms with van der Waals surface area (Å²) in [6.45, 7) is 0. The van der Waals surface area contributed by atoms with E-state index < -0.39 is 23.5 Å². The van der Waals surface area contributed by atoms with Crippen LogP contribution >= 0.6 is 0 Å². The Hall–Kier alpha value is -1.77. The maximum absolute atomic E-state index is 12.8. The van der Waals surface area contributed by atoms with E-state index in [9.17, 15) is 13.2 Å². The summed E-state index contributed by atoms with van der Waals surface area (Å²) < 4.78 is 37.1. The Labute approximate surface area is 71.6 Å². The molecule has 0 amide bonds. The molecule has 0 aromatic carbocycles. The Morgan fingerprint density at radius 2 is 2.15 bits per heavy atom. The van der Waals surface area contributed by atoms with Crippen molar-refractivity contribution < 1.29 is 13.2 Å². The molecule has 0 bridgehead atoms. The normalized spacial score (nSPS) is 10.1. The maximum atomic E-state index is 12.8. The van der Waals surface area contributed by atoms with E-state index in [1.54, 1.807) is 0 Å². The van der Waals surface area contributed by atoms with Crippen LogP contribution in [0.15, 0.2) is 6.07 Å². The molecule has 0 fully saturated rings. The average Bonchev–Trinajstić information content (AvgIpc) is 2.02. The van der Waals surface area contributed by atoms with Crippen molar-refractivity contribution in [2.75, 3.05) is 5.73 Å². The molecule has 1 aromatic rings. The topological polar surface area (TPSA) is 62.7 Å². The molecule has 3 nitrogen and oxygen atoms in total. The van der Waals surface area contributed by atoms with Gasteiger partial charge >= 0.3 is 0 Å². The monoisotopic (exact) mass is 187 g/mol. The standard InChI is InChI=1S/C7H4F3N3/c8-4-1-5(12)13-6(7(9)10)3(4)2-11/h1,7H,(H2,12,13). The zero-order chi connectivity index (χ0) is 10.0. The Morgan fingerprint density at radius 3 is 2.62 bits per heavy atom. The molecule has 0 saturated heterocycles. The molecular weight excluding hydrogens is 183 g/mol. The van der Waals surface area contributed by atoms with Crippen molar-refractivity contribution in [3.8, 4) is 6.07 Å². The van der Waals surface area contributed by atoms with E-state index in [1.165, 1.54) is 6.07 Å². The predicted octanol–water partition coefficient (Wildman–Crippen LogP) is 1.61. The van der Waals surface area contributed by atoms with Gasteiger partial charge in [-0.2, -0.15) is 5.26 Å².